The molecular weight excluding hydrogens is 256 g/mol. The Bertz CT molecular complexity index is 422. The third-order valence-electron chi connectivity index (χ3n) is 3.08. The Balaban J connectivity index is 2.22. The second kappa shape index (κ2) is 9.44. The molecule has 5 nitrogen and oxygen atoms in total. The van der Waals surface area contributed by atoms with Crippen LogP contribution in [0.15, 0.2) is 18.2 Å². The molecule has 1 rings (SSSR count). The van der Waals surface area contributed by atoms with E-state index >= 15 is 0 Å². The van der Waals surface area contributed by atoms with Crippen LogP contribution in [-0.2, 0) is 11.3 Å². The van der Waals surface area contributed by atoms with Crippen LogP contribution in [0.3, 0.4) is 0 Å². The molecular formula is C15H24N2O3. The number of aryl methyl sites for hydroxylation is 1. The molecule has 0 bridgehead atoms. The van der Waals surface area contributed by atoms with Gasteiger partial charge >= 0.3 is 0 Å². The number of nitro groups is 1. The summed E-state index contributed by atoms with van der Waals surface area (Å²) in [5.74, 6) is 0. The fourth-order valence-corrected chi connectivity index (χ4v) is 1.84. The van der Waals surface area contributed by atoms with Crippen molar-refractivity contribution >= 4 is 5.69 Å². The van der Waals surface area contributed by atoms with Gasteiger partial charge in [0.05, 0.1) is 4.92 Å². The molecule has 0 radical (unpaired) electrons. The van der Waals surface area contributed by atoms with E-state index in [1.165, 1.54) is 0 Å². The maximum atomic E-state index is 10.8. The van der Waals surface area contributed by atoms with Gasteiger partial charge < -0.3 is 10.1 Å². The zero-order valence-corrected chi connectivity index (χ0v) is 12.4. The molecule has 0 aliphatic carbocycles. The van der Waals surface area contributed by atoms with Crippen molar-refractivity contribution in [1.82, 2.24) is 5.32 Å². The molecule has 0 aliphatic heterocycles. The Morgan fingerprint density at radius 2 is 2.05 bits per heavy atom. The number of hydrogen-bond acceptors (Lipinski definition) is 4. The zero-order chi connectivity index (χ0) is 14.8. The highest BCUT2D eigenvalue weighted by Crippen LogP contribution is 2.18. The van der Waals surface area contributed by atoms with E-state index in [9.17, 15) is 10.1 Å². The Morgan fingerprint density at radius 1 is 1.30 bits per heavy atom. The van der Waals surface area contributed by atoms with Crippen LogP contribution in [0.1, 0.15) is 37.3 Å². The number of unbranched alkanes of at least 4 members (excludes halogenated alkanes) is 1. The quantitative estimate of drug-likeness (QED) is 0.406. The van der Waals surface area contributed by atoms with Gasteiger partial charge in [0.1, 0.15) is 0 Å². The third kappa shape index (κ3) is 6.12. The normalized spacial score (nSPS) is 10.7. The molecule has 0 unspecified atom stereocenters. The van der Waals surface area contributed by atoms with Gasteiger partial charge in [-0.15, -0.1) is 0 Å². The Morgan fingerprint density at radius 3 is 2.75 bits per heavy atom. The van der Waals surface area contributed by atoms with Crippen LogP contribution in [0, 0.1) is 17.0 Å². The van der Waals surface area contributed by atoms with Gasteiger partial charge in [-0.3, -0.25) is 10.1 Å². The SMILES string of the molecule is CCCCOCCCNCc1ccc(C)c([N+](=O)[O-])c1. The maximum Gasteiger partial charge on any atom is 0.272 e. The van der Waals surface area contributed by atoms with Crippen LogP contribution < -0.4 is 5.32 Å². The van der Waals surface area contributed by atoms with Gasteiger partial charge in [0.15, 0.2) is 0 Å². The highest BCUT2D eigenvalue weighted by molar-refractivity contribution is 5.42. The van der Waals surface area contributed by atoms with Gasteiger partial charge in [-0.1, -0.05) is 25.5 Å². The number of nitro benzene ring substituents is 1. The van der Waals surface area contributed by atoms with Crippen LogP contribution in [0.5, 0.6) is 0 Å². The summed E-state index contributed by atoms with van der Waals surface area (Å²) in [7, 11) is 0. The number of benzene rings is 1. The largest absolute Gasteiger partial charge is 0.381 e. The predicted molar refractivity (Wildman–Crippen MR) is 79.9 cm³/mol. The third-order valence-corrected chi connectivity index (χ3v) is 3.08. The average molecular weight is 280 g/mol. The van der Waals surface area contributed by atoms with Gasteiger partial charge in [0.2, 0.25) is 0 Å². The summed E-state index contributed by atoms with van der Waals surface area (Å²) >= 11 is 0. The topological polar surface area (TPSA) is 64.4 Å². The van der Waals surface area contributed by atoms with Crippen LogP contribution >= 0.6 is 0 Å². The van der Waals surface area contributed by atoms with E-state index in [4.69, 9.17) is 4.74 Å². The number of nitrogens with one attached hydrogen (secondary N) is 1. The lowest BCUT2D eigenvalue weighted by atomic mass is 10.1. The molecule has 0 aliphatic rings. The maximum absolute atomic E-state index is 10.8. The Kier molecular flexibility index (Phi) is 7.84. The average Bonchev–Trinajstić information content (AvgIpc) is 2.43. The molecule has 1 aromatic rings. The van der Waals surface area contributed by atoms with Gasteiger partial charge in [0.25, 0.3) is 5.69 Å². The molecule has 0 heterocycles. The summed E-state index contributed by atoms with van der Waals surface area (Å²) < 4.78 is 5.46. The monoisotopic (exact) mass is 280 g/mol. The summed E-state index contributed by atoms with van der Waals surface area (Å²) in [4.78, 5) is 10.5. The summed E-state index contributed by atoms with van der Waals surface area (Å²) in [6.45, 7) is 7.00. The zero-order valence-electron chi connectivity index (χ0n) is 12.4. The van der Waals surface area contributed by atoms with Crippen LogP contribution in [0.4, 0.5) is 5.69 Å². The number of ether oxygens (including phenoxy) is 1. The van der Waals surface area contributed by atoms with Crippen molar-refractivity contribution < 1.29 is 9.66 Å². The van der Waals surface area contributed by atoms with Crippen molar-refractivity contribution in [3.05, 3.63) is 39.4 Å². The van der Waals surface area contributed by atoms with Gasteiger partial charge in [0, 0.05) is 31.4 Å². The van der Waals surface area contributed by atoms with Gasteiger partial charge in [-0.25, -0.2) is 0 Å². The molecule has 1 aromatic carbocycles. The van der Waals surface area contributed by atoms with Crippen molar-refractivity contribution in [2.75, 3.05) is 19.8 Å². The lowest BCUT2D eigenvalue weighted by Gasteiger charge is -2.06. The molecule has 112 valence electrons. The van der Waals surface area contributed by atoms with Crippen molar-refractivity contribution in [3.63, 3.8) is 0 Å². The van der Waals surface area contributed by atoms with E-state index in [-0.39, 0.29) is 10.6 Å². The number of hydrogen-bond donors (Lipinski definition) is 1. The summed E-state index contributed by atoms with van der Waals surface area (Å²) in [5, 5.41) is 14.1. The molecule has 5 heteroatoms. The molecule has 0 aromatic heterocycles. The van der Waals surface area contributed by atoms with Crippen molar-refractivity contribution in [2.45, 2.75) is 39.7 Å². The molecule has 0 saturated carbocycles. The van der Waals surface area contributed by atoms with Gasteiger partial charge in [-0.05, 0) is 31.9 Å². The van der Waals surface area contributed by atoms with Crippen LogP contribution in [-0.4, -0.2) is 24.7 Å². The van der Waals surface area contributed by atoms with E-state index in [2.05, 4.69) is 12.2 Å². The predicted octanol–water partition coefficient (Wildman–Crippen LogP) is 3.20. The first-order chi connectivity index (χ1) is 9.65. The second-order valence-electron chi connectivity index (χ2n) is 4.87. The standard InChI is InChI=1S/C15H24N2O3/c1-3-4-9-20-10-5-8-16-12-14-7-6-13(2)15(11-14)17(18)19/h6-7,11,16H,3-5,8-10,12H2,1-2H3. The lowest BCUT2D eigenvalue weighted by molar-refractivity contribution is -0.385. The molecule has 1 N–H and O–H groups in total. The minimum atomic E-state index is -0.333. The van der Waals surface area contributed by atoms with Crippen LogP contribution in [0.2, 0.25) is 0 Å². The number of nitrogens with zero attached hydrogens (tertiary/aromatic N) is 1. The van der Waals surface area contributed by atoms with E-state index in [0.717, 1.165) is 44.6 Å². The Labute approximate surface area is 120 Å². The fourth-order valence-electron chi connectivity index (χ4n) is 1.84. The summed E-state index contributed by atoms with van der Waals surface area (Å²) in [6.07, 6.45) is 3.22. The minimum Gasteiger partial charge on any atom is -0.381 e. The molecule has 0 atom stereocenters. The molecule has 0 amide bonds. The molecule has 0 saturated heterocycles. The smallest absolute Gasteiger partial charge is 0.272 e. The lowest BCUT2D eigenvalue weighted by Crippen LogP contribution is -2.16. The van der Waals surface area contributed by atoms with Crippen molar-refractivity contribution in [2.24, 2.45) is 0 Å². The van der Waals surface area contributed by atoms with E-state index < -0.39 is 0 Å². The van der Waals surface area contributed by atoms with Gasteiger partial charge in [-0.2, -0.15) is 0 Å². The fraction of sp³-hybridized carbons (Fsp3) is 0.600. The Hall–Kier alpha value is -1.46. The summed E-state index contributed by atoms with van der Waals surface area (Å²) in [6, 6.07) is 5.36. The first kappa shape index (κ1) is 16.6. The minimum absolute atomic E-state index is 0.187. The van der Waals surface area contributed by atoms with E-state index in [0.29, 0.717) is 12.1 Å². The molecule has 0 fully saturated rings. The first-order valence-corrected chi connectivity index (χ1v) is 7.17. The number of rotatable bonds is 10. The summed E-state index contributed by atoms with van der Waals surface area (Å²) in [5.41, 5.74) is 1.82. The first-order valence-electron chi connectivity index (χ1n) is 7.17. The second-order valence-corrected chi connectivity index (χ2v) is 4.87. The highest BCUT2D eigenvalue weighted by Gasteiger charge is 2.10. The van der Waals surface area contributed by atoms with Crippen molar-refractivity contribution in [1.29, 1.82) is 0 Å². The van der Waals surface area contributed by atoms with E-state index in [1.807, 2.05) is 6.07 Å². The highest BCUT2D eigenvalue weighted by atomic mass is 16.6. The van der Waals surface area contributed by atoms with Crippen LogP contribution in [0.25, 0.3) is 0 Å². The molecule has 0 spiro atoms. The molecule has 20 heavy (non-hydrogen) atoms. The van der Waals surface area contributed by atoms with Crippen molar-refractivity contribution in [3.8, 4) is 0 Å². The van der Waals surface area contributed by atoms with E-state index in [1.54, 1.807) is 19.1 Å².